The molecule has 0 aliphatic carbocycles. The Kier molecular flexibility index (Phi) is 4.12. The van der Waals surface area contributed by atoms with Crippen molar-refractivity contribution in [2.45, 2.75) is 37.4 Å². The van der Waals surface area contributed by atoms with Gasteiger partial charge in [-0.3, -0.25) is 4.79 Å². The zero-order chi connectivity index (χ0) is 17.2. The van der Waals surface area contributed by atoms with E-state index in [1.165, 1.54) is 6.42 Å². The zero-order valence-electron chi connectivity index (χ0n) is 13.7. The van der Waals surface area contributed by atoms with Crippen LogP contribution in [0.2, 0.25) is 0 Å². The molecule has 2 aliphatic heterocycles. The minimum atomic E-state index is -0.0377. The van der Waals surface area contributed by atoms with E-state index in [0.29, 0.717) is 34.7 Å². The van der Waals surface area contributed by atoms with Gasteiger partial charge in [0.05, 0.1) is 11.6 Å². The van der Waals surface area contributed by atoms with Gasteiger partial charge < -0.3 is 15.4 Å². The van der Waals surface area contributed by atoms with Gasteiger partial charge in [0.15, 0.2) is 0 Å². The molecule has 2 saturated heterocycles. The van der Waals surface area contributed by atoms with Gasteiger partial charge in [-0.25, -0.2) is 0 Å². The molecular weight excluding hydrogens is 314 g/mol. The van der Waals surface area contributed by atoms with Crippen LogP contribution in [0.1, 0.15) is 35.2 Å². The van der Waals surface area contributed by atoms with Crippen molar-refractivity contribution in [1.82, 2.24) is 10.6 Å². The van der Waals surface area contributed by atoms with Crippen LogP contribution in [-0.2, 0) is 0 Å². The summed E-state index contributed by atoms with van der Waals surface area (Å²) in [4.78, 5) is 12.4. The summed E-state index contributed by atoms with van der Waals surface area (Å²) in [6.07, 6.45) is 3.39. The van der Waals surface area contributed by atoms with Crippen molar-refractivity contribution >= 4 is 5.91 Å². The lowest BCUT2D eigenvalue weighted by molar-refractivity contribution is 0.0931. The highest BCUT2D eigenvalue weighted by molar-refractivity contribution is 5.94. The first-order chi connectivity index (χ1) is 12.2. The van der Waals surface area contributed by atoms with Crippen molar-refractivity contribution in [3.05, 3.63) is 59.7 Å². The predicted molar refractivity (Wildman–Crippen MR) is 93.5 cm³/mol. The quantitative estimate of drug-likeness (QED) is 0.902. The van der Waals surface area contributed by atoms with E-state index in [1.807, 2.05) is 0 Å². The van der Waals surface area contributed by atoms with Gasteiger partial charge in [0.25, 0.3) is 5.91 Å². The van der Waals surface area contributed by atoms with Crippen LogP contribution < -0.4 is 15.4 Å². The number of carbonyl (C=O) groups excluding carboxylic acids is 1. The maximum Gasteiger partial charge on any atom is 0.251 e. The Hall–Kier alpha value is -2.84. The summed E-state index contributed by atoms with van der Waals surface area (Å²) in [5, 5.41) is 15.5. The fourth-order valence-electron chi connectivity index (χ4n) is 3.64. The molecule has 0 radical (unpaired) electrons. The van der Waals surface area contributed by atoms with Gasteiger partial charge in [-0.1, -0.05) is 0 Å². The molecule has 4 rings (SSSR count). The number of nitrogens with zero attached hydrogens (tertiary/aromatic N) is 1. The zero-order valence-corrected chi connectivity index (χ0v) is 13.7. The molecule has 126 valence electrons. The van der Waals surface area contributed by atoms with Gasteiger partial charge in [-0.15, -0.1) is 0 Å². The number of nitriles is 1. The van der Waals surface area contributed by atoms with Crippen molar-refractivity contribution in [3.63, 3.8) is 0 Å². The second kappa shape index (κ2) is 6.58. The first kappa shape index (κ1) is 15.7. The first-order valence-electron chi connectivity index (χ1n) is 8.56. The molecule has 1 amide bonds. The lowest BCUT2D eigenvalue weighted by Crippen LogP contribution is -2.42. The van der Waals surface area contributed by atoms with E-state index in [2.05, 4.69) is 16.7 Å². The van der Waals surface area contributed by atoms with Crippen molar-refractivity contribution < 1.29 is 9.53 Å². The molecule has 3 atom stereocenters. The Morgan fingerprint density at radius 3 is 2.32 bits per heavy atom. The Balaban J connectivity index is 1.37. The van der Waals surface area contributed by atoms with E-state index in [4.69, 9.17) is 10.00 Å². The number of benzene rings is 2. The normalized spacial score (nSPS) is 23.9. The van der Waals surface area contributed by atoms with Crippen LogP contribution in [0.5, 0.6) is 11.5 Å². The second-order valence-corrected chi connectivity index (χ2v) is 6.63. The molecule has 5 nitrogen and oxygen atoms in total. The number of hydrogen-bond acceptors (Lipinski definition) is 4. The minimum Gasteiger partial charge on any atom is -0.457 e. The summed E-state index contributed by atoms with van der Waals surface area (Å²) in [6, 6.07) is 17.3. The van der Waals surface area contributed by atoms with Crippen LogP contribution in [0, 0.1) is 11.3 Å². The molecule has 0 spiro atoms. The van der Waals surface area contributed by atoms with Gasteiger partial charge in [0.1, 0.15) is 11.5 Å². The Bertz CT molecular complexity index is 808. The van der Waals surface area contributed by atoms with Crippen LogP contribution in [0.4, 0.5) is 0 Å². The molecule has 2 aromatic carbocycles. The number of carbonyl (C=O) groups is 1. The van der Waals surface area contributed by atoms with Crippen LogP contribution in [-0.4, -0.2) is 24.0 Å². The van der Waals surface area contributed by atoms with Crippen molar-refractivity contribution in [2.24, 2.45) is 0 Å². The molecule has 0 saturated carbocycles. The van der Waals surface area contributed by atoms with Crippen LogP contribution in [0.15, 0.2) is 48.5 Å². The Labute approximate surface area is 146 Å². The Morgan fingerprint density at radius 1 is 1.08 bits per heavy atom. The maximum absolute atomic E-state index is 12.4. The van der Waals surface area contributed by atoms with Gasteiger partial charge >= 0.3 is 0 Å². The molecule has 2 N–H and O–H groups in total. The van der Waals surface area contributed by atoms with E-state index >= 15 is 0 Å². The third kappa shape index (κ3) is 3.35. The summed E-state index contributed by atoms with van der Waals surface area (Å²) in [5.74, 6) is 1.27. The first-order valence-corrected chi connectivity index (χ1v) is 8.56. The van der Waals surface area contributed by atoms with Crippen molar-refractivity contribution in [1.29, 1.82) is 5.26 Å². The largest absolute Gasteiger partial charge is 0.457 e. The average Bonchev–Trinajstić information content (AvgIpc) is 3.26. The summed E-state index contributed by atoms with van der Waals surface area (Å²) >= 11 is 0. The molecule has 2 heterocycles. The summed E-state index contributed by atoms with van der Waals surface area (Å²) in [5.41, 5.74) is 1.23. The standard InChI is InChI=1S/C20H19N3O2/c21-12-13-1-6-16(7-2-13)25-17-8-3-14(4-9-17)20(24)23-19-11-15-5-10-18(19)22-15/h1-4,6-9,15,18-19,22H,5,10-11H2,(H,23,24)/t15-,18+,19-/m1/s1. The molecule has 0 aromatic heterocycles. The molecule has 25 heavy (non-hydrogen) atoms. The molecule has 0 unspecified atom stereocenters. The smallest absolute Gasteiger partial charge is 0.251 e. The van der Waals surface area contributed by atoms with Crippen molar-refractivity contribution in [2.75, 3.05) is 0 Å². The predicted octanol–water partition coefficient (Wildman–Crippen LogP) is 2.97. The van der Waals surface area contributed by atoms with Crippen LogP contribution in [0.3, 0.4) is 0 Å². The van der Waals surface area contributed by atoms with E-state index in [9.17, 15) is 4.79 Å². The van der Waals surface area contributed by atoms with E-state index in [0.717, 1.165) is 12.8 Å². The highest BCUT2D eigenvalue weighted by atomic mass is 16.5. The van der Waals surface area contributed by atoms with E-state index < -0.39 is 0 Å². The monoisotopic (exact) mass is 333 g/mol. The highest BCUT2D eigenvalue weighted by Crippen LogP contribution is 2.28. The van der Waals surface area contributed by atoms with E-state index in [-0.39, 0.29) is 11.9 Å². The number of nitrogens with one attached hydrogen (secondary N) is 2. The van der Waals surface area contributed by atoms with Crippen LogP contribution >= 0.6 is 0 Å². The molecule has 2 aliphatic rings. The topological polar surface area (TPSA) is 74.1 Å². The highest BCUT2D eigenvalue weighted by Gasteiger charge is 2.39. The maximum atomic E-state index is 12.4. The summed E-state index contributed by atoms with van der Waals surface area (Å²) in [7, 11) is 0. The van der Waals surface area contributed by atoms with Gasteiger partial charge in [-0.2, -0.15) is 5.26 Å². The third-order valence-corrected chi connectivity index (χ3v) is 4.95. The minimum absolute atomic E-state index is 0.0377. The summed E-state index contributed by atoms with van der Waals surface area (Å²) < 4.78 is 5.74. The lowest BCUT2D eigenvalue weighted by atomic mass is 9.95. The Morgan fingerprint density at radius 2 is 1.76 bits per heavy atom. The summed E-state index contributed by atoms with van der Waals surface area (Å²) in [6.45, 7) is 0. The van der Waals surface area contributed by atoms with Crippen LogP contribution in [0.25, 0.3) is 0 Å². The molecule has 5 heteroatoms. The van der Waals surface area contributed by atoms with Crippen molar-refractivity contribution in [3.8, 4) is 17.6 Å². The van der Waals surface area contributed by atoms with Gasteiger partial charge in [0.2, 0.25) is 0 Å². The number of hydrogen-bond donors (Lipinski definition) is 2. The SMILES string of the molecule is N#Cc1ccc(Oc2ccc(C(=O)N[C@@H]3C[C@H]4CC[C@@H]3N4)cc2)cc1. The van der Waals surface area contributed by atoms with E-state index in [1.54, 1.807) is 48.5 Å². The molecular formula is C20H19N3O2. The molecule has 2 bridgehead atoms. The number of fused-ring (bicyclic) bond motifs is 2. The lowest BCUT2D eigenvalue weighted by Gasteiger charge is -2.21. The fourth-order valence-corrected chi connectivity index (χ4v) is 3.64. The number of ether oxygens (including phenoxy) is 1. The fraction of sp³-hybridized carbons (Fsp3) is 0.300. The number of rotatable bonds is 4. The second-order valence-electron chi connectivity index (χ2n) is 6.63. The van der Waals surface area contributed by atoms with Gasteiger partial charge in [-0.05, 0) is 67.8 Å². The number of amides is 1. The molecule has 2 fully saturated rings. The third-order valence-electron chi connectivity index (χ3n) is 4.95. The van der Waals surface area contributed by atoms with Gasteiger partial charge in [0, 0.05) is 23.7 Å². The molecule has 2 aromatic rings. The average molecular weight is 333 g/mol.